The second-order valence-electron chi connectivity index (χ2n) is 3.42. The Kier molecular flexibility index (Phi) is 3.20. The lowest BCUT2D eigenvalue weighted by atomic mass is 10.0. The Morgan fingerprint density at radius 1 is 1.00 bits per heavy atom. The van der Waals surface area contributed by atoms with Gasteiger partial charge >= 0.3 is 0 Å². The zero-order valence-corrected chi connectivity index (χ0v) is 9.34. The molecule has 0 amide bonds. The van der Waals surface area contributed by atoms with Gasteiger partial charge in [0.05, 0.1) is 5.02 Å². The van der Waals surface area contributed by atoms with E-state index < -0.39 is 22.4 Å². The second kappa shape index (κ2) is 4.63. The van der Waals surface area contributed by atoms with Gasteiger partial charge in [-0.15, -0.1) is 0 Å². The summed E-state index contributed by atoms with van der Waals surface area (Å²) in [5.74, 6) is -2.71. The number of ketones is 1. The minimum atomic E-state index is -1.20. The maximum Gasteiger partial charge on any atom is 0.194 e. The summed E-state index contributed by atoms with van der Waals surface area (Å²) in [4.78, 5) is 12.0. The molecule has 0 aromatic heterocycles. The molecule has 0 radical (unpaired) electrons. The van der Waals surface area contributed by atoms with E-state index in [2.05, 4.69) is 0 Å². The van der Waals surface area contributed by atoms with E-state index in [1.54, 1.807) is 30.3 Å². The van der Waals surface area contributed by atoms with Crippen LogP contribution in [0.5, 0.6) is 0 Å². The van der Waals surface area contributed by atoms with Crippen molar-refractivity contribution in [3.05, 3.63) is 70.2 Å². The van der Waals surface area contributed by atoms with Crippen molar-refractivity contribution in [2.24, 2.45) is 0 Å². The van der Waals surface area contributed by atoms with E-state index in [0.29, 0.717) is 5.56 Å². The molecule has 4 heteroatoms. The summed E-state index contributed by atoms with van der Waals surface area (Å²) < 4.78 is 26.1. The molecule has 0 saturated heterocycles. The molecule has 86 valence electrons. The third kappa shape index (κ3) is 2.19. The van der Waals surface area contributed by atoms with E-state index >= 15 is 0 Å². The van der Waals surface area contributed by atoms with E-state index in [1.165, 1.54) is 6.07 Å². The summed E-state index contributed by atoms with van der Waals surface area (Å²) in [6.07, 6.45) is 0. The maximum absolute atomic E-state index is 13.2. The van der Waals surface area contributed by atoms with E-state index in [1.807, 2.05) is 0 Å². The molecule has 0 fully saturated rings. The molecule has 0 aliphatic rings. The van der Waals surface area contributed by atoms with E-state index in [9.17, 15) is 13.6 Å². The topological polar surface area (TPSA) is 17.1 Å². The van der Waals surface area contributed by atoms with Crippen molar-refractivity contribution >= 4 is 17.4 Å². The molecule has 1 nitrogen and oxygen atoms in total. The van der Waals surface area contributed by atoms with Crippen LogP contribution in [0, 0.1) is 11.6 Å². The molecule has 2 aromatic carbocycles. The lowest BCUT2D eigenvalue weighted by Crippen LogP contribution is -2.04. The average Bonchev–Trinajstić information content (AvgIpc) is 2.36. The normalized spacial score (nSPS) is 10.3. The van der Waals surface area contributed by atoms with Crippen LogP contribution in [0.3, 0.4) is 0 Å². The Bertz CT molecular complexity index is 567. The van der Waals surface area contributed by atoms with Gasteiger partial charge in [0.2, 0.25) is 0 Å². The Hall–Kier alpha value is -1.74. The van der Waals surface area contributed by atoms with Gasteiger partial charge in [-0.2, -0.15) is 0 Å². The van der Waals surface area contributed by atoms with Gasteiger partial charge in [-0.25, -0.2) is 8.78 Å². The molecule has 0 aliphatic carbocycles. The molecule has 0 aliphatic heterocycles. The monoisotopic (exact) mass is 252 g/mol. The Labute approximate surface area is 102 Å². The van der Waals surface area contributed by atoms with Gasteiger partial charge in [0.1, 0.15) is 0 Å². The van der Waals surface area contributed by atoms with Crippen molar-refractivity contribution < 1.29 is 13.6 Å². The summed E-state index contributed by atoms with van der Waals surface area (Å²) in [6.45, 7) is 0. The summed E-state index contributed by atoms with van der Waals surface area (Å²) in [5, 5.41) is -0.487. The fourth-order valence-electron chi connectivity index (χ4n) is 1.45. The predicted octanol–water partition coefficient (Wildman–Crippen LogP) is 3.85. The molecular weight excluding hydrogens is 246 g/mol. The van der Waals surface area contributed by atoms with Crippen molar-refractivity contribution in [1.82, 2.24) is 0 Å². The number of hydrogen-bond acceptors (Lipinski definition) is 1. The first-order chi connectivity index (χ1) is 8.11. The highest BCUT2D eigenvalue weighted by atomic mass is 35.5. The quantitative estimate of drug-likeness (QED) is 0.586. The lowest BCUT2D eigenvalue weighted by molar-refractivity contribution is 0.103. The first kappa shape index (κ1) is 11.7. The van der Waals surface area contributed by atoms with Crippen LogP contribution in [0.25, 0.3) is 0 Å². The molecule has 2 rings (SSSR count). The fraction of sp³-hybridized carbons (Fsp3) is 0. The van der Waals surface area contributed by atoms with Gasteiger partial charge in [-0.05, 0) is 12.1 Å². The summed E-state index contributed by atoms with van der Waals surface area (Å²) in [6, 6.07) is 10.3. The molecule has 2 aromatic rings. The summed E-state index contributed by atoms with van der Waals surface area (Å²) in [7, 11) is 0. The third-order valence-electron chi connectivity index (χ3n) is 2.32. The van der Waals surface area contributed by atoms with Gasteiger partial charge in [0.25, 0.3) is 0 Å². The maximum atomic E-state index is 13.2. The molecule has 0 saturated carbocycles. The van der Waals surface area contributed by atoms with Crippen LogP contribution in [0.4, 0.5) is 8.78 Å². The highest BCUT2D eigenvalue weighted by molar-refractivity contribution is 6.35. The predicted molar refractivity (Wildman–Crippen MR) is 61.2 cm³/mol. The van der Waals surface area contributed by atoms with Crippen molar-refractivity contribution in [2.75, 3.05) is 0 Å². The third-order valence-corrected chi connectivity index (χ3v) is 2.69. The Balaban J connectivity index is 2.49. The minimum absolute atomic E-state index is 0.0447. The van der Waals surface area contributed by atoms with Crippen molar-refractivity contribution in [3.8, 4) is 0 Å². The van der Waals surface area contributed by atoms with Gasteiger partial charge in [0.15, 0.2) is 17.4 Å². The first-order valence-electron chi connectivity index (χ1n) is 4.84. The number of carbonyl (C=O) groups excluding carboxylic acids is 1. The van der Waals surface area contributed by atoms with E-state index in [-0.39, 0.29) is 5.56 Å². The van der Waals surface area contributed by atoms with Crippen molar-refractivity contribution in [2.45, 2.75) is 0 Å². The van der Waals surface area contributed by atoms with Gasteiger partial charge < -0.3 is 0 Å². The van der Waals surface area contributed by atoms with Gasteiger partial charge in [-0.1, -0.05) is 41.9 Å². The highest BCUT2D eigenvalue weighted by Crippen LogP contribution is 2.24. The first-order valence-corrected chi connectivity index (χ1v) is 5.22. The van der Waals surface area contributed by atoms with Crippen LogP contribution < -0.4 is 0 Å². The number of carbonyl (C=O) groups is 1. The summed E-state index contributed by atoms with van der Waals surface area (Å²) in [5.41, 5.74) is 0.331. The second-order valence-corrected chi connectivity index (χ2v) is 3.80. The standard InChI is InChI=1S/C13H7ClF2O/c14-11-9(6-7-10(15)12(11)16)13(17)8-4-2-1-3-5-8/h1-7H. The van der Waals surface area contributed by atoms with Crippen LogP contribution in [0.2, 0.25) is 5.02 Å². The Morgan fingerprint density at radius 3 is 2.29 bits per heavy atom. The van der Waals surface area contributed by atoms with Gasteiger partial charge in [0, 0.05) is 11.1 Å². The number of rotatable bonds is 2. The molecule has 0 bridgehead atoms. The highest BCUT2D eigenvalue weighted by Gasteiger charge is 2.17. The molecule has 0 atom stereocenters. The molecule has 17 heavy (non-hydrogen) atoms. The molecule has 0 heterocycles. The van der Waals surface area contributed by atoms with Crippen LogP contribution >= 0.6 is 11.6 Å². The van der Waals surface area contributed by atoms with Crippen LogP contribution in [-0.4, -0.2) is 5.78 Å². The van der Waals surface area contributed by atoms with Crippen LogP contribution in [0.15, 0.2) is 42.5 Å². The van der Waals surface area contributed by atoms with Crippen molar-refractivity contribution in [3.63, 3.8) is 0 Å². The lowest BCUT2D eigenvalue weighted by Gasteiger charge is -2.04. The smallest absolute Gasteiger partial charge is 0.194 e. The number of benzene rings is 2. The minimum Gasteiger partial charge on any atom is -0.289 e. The molecule has 0 spiro atoms. The van der Waals surface area contributed by atoms with Crippen LogP contribution in [0.1, 0.15) is 15.9 Å². The van der Waals surface area contributed by atoms with Gasteiger partial charge in [-0.3, -0.25) is 4.79 Å². The molecular formula is C13H7ClF2O. The largest absolute Gasteiger partial charge is 0.289 e. The summed E-state index contributed by atoms with van der Waals surface area (Å²) >= 11 is 5.61. The number of hydrogen-bond donors (Lipinski definition) is 0. The molecule has 0 N–H and O–H groups in total. The van der Waals surface area contributed by atoms with E-state index in [4.69, 9.17) is 11.6 Å². The molecule has 0 unspecified atom stereocenters. The van der Waals surface area contributed by atoms with Crippen molar-refractivity contribution in [1.29, 1.82) is 0 Å². The zero-order chi connectivity index (χ0) is 12.4. The zero-order valence-electron chi connectivity index (χ0n) is 8.58. The van der Waals surface area contributed by atoms with Crippen LogP contribution in [-0.2, 0) is 0 Å². The fourth-order valence-corrected chi connectivity index (χ4v) is 1.69. The SMILES string of the molecule is O=C(c1ccccc1)c1ccc(F)c(F)c1Cl. The van der Waals surface area contributed by atoms with E-state index in [0.717, 1.165) is 6.07 Å². The average molecular weight is 253 g/mol. The number of halogens is 3. The Morgan fingerprint density at radius 2 is 1.65 bits per heavy atom.